The van der Waals surface area contributed by atoms with Gasteiger partial charge in [0.2, 0.25) is 0 Å². The SMILES string of the molecule is NC(=S)NN=Cc1ccc(-c2cccc(CO)c2)cc1. The van der Waals surface area contributed by atoms with E-state index in [2.05, 4.69) is 22.7 Å². The first kappa shape index (κ1) is 14.2. The van der Waals surface area contributed by atoms with Crippen LogP contribution in [0.25, 0.3) is 11.1 Å². The third-order valence-corrected chi connectivity index (χ3v) is 2.83. The van der Waals surface area contributed by atoms with Crippen LogP contribution >= 0.6 is 12.2 Å². The summed E-state index contributed by atoms with van der Waals surface area (Å²) in [7, 11) is 0. The molecule has 4 nitrogen and oxygen atoms in total. The van der Waals surface area contributed by atoms with Gasteiger partial charge in [-0.15, -0.1) is 0 Å². The molecule has 0 radical (unpaired) electrons. The summed E-state index contributed by atoms with van der Waals surface area (Å²) in [6, 6.07) is 15.7. The van der Waals surface area contributed by atoms with Crippen molar-refractivity contribution in [1.82, 2.24) is 5.43 Å². The fourth-order valence-corrected chi connectivity index (χ4v) is 1.83. The molecule has 2 aromatic rings. The third-order valence-electron chi connectivity index (χ3n) is 2.74. The molecule has 20 heavy (non-hydrogen) atoms. The summed E-state index contributed by atoms with van der Waals surface area (Å²) in [4.78, 5) is 0. The highest BCUT2D eigenvalue weighted by Gasteiger charge is 1.99. The van der Waals surface area contributed by atoms with E-state index in [1.807, 2.05) is 48.5 Å². The summed E-state index contributed by atoms with van der Waals surface area (Å²) >= 11 is 4.65. The quantitative estimate of drug-likeness (QED) is 0.456. The van der Waals surface area contributed by atoms with Gasteiger partial charge in [-0.1, -0.05) is 42.5 Å². The number of aliphatic hydroxyl groups is 1. The Labute approximate surface area is 122 Å². The average molecular weight is 285 g/mol. The second kappa shape index (κ2) is 6.79. The van der Waals surface area contributed by atoms with Crippen LogP contribution in [-0.2, 0) is 6.61 Å². The van der Waals surface area contributed by atoms with Gasteiger partial charge in [-0.25, -0.2) is 0 Å². The summed E-state index contributed by atoms with van der Waals surface area (Å²) in [6.07, 6.45) is 1.65. The predicted molar refractivity (Wildman–Crippen MR) is 85.3 cm³/mol. The Hall–Kier alpha value is -2.24. The Balaban J connectivity index is 2.15. The van der Waals surface area contributed by atoms with E-state index < -0.39 is 0 Å². The van der Waals surface area contributed by atoms with Gasteiger partial charge in [0.15, 0.2) is 5.11 Å². The van der Waals surface area contributed by atoms with E-state index in [0.717, 1.165) is 22.3 Å². The monoisotopic (exact) mass is 285 g/mol. The van der Waals surface area contributed by atoms with E-state index >= 15 is 0 Å². The van der Waals surface area contributed by atoms with E-state index in [9.17, 15) is 0 Å². The van der Waals surface area contributed by atoms with Gasteiger partial charge in [0.25, 0.3) is 0 Å². The highest BCUT2D eigenvalue weighted by molar-refractivity contribution is 7.80. The summed E-state index contributed by atoms with van der Waals surface area (Å²) in [5.74, 6) is 0. The van der Waals surface area contributed by atoms with Crippen LogP contribution in [-0.4, -0.2) is 16.4 Å². The first-order chi connectivity index (χ1) is 9.69. The Morgan fingerprint density at radius 1 is 1.20 bits per heavy atom. The van der Waals surface area contributed by atoms with Crippen LogP contribution < -0.4 is 11.2 Å². The number of rotatable bonds is 4. The lowest BCUT2D eigenvalue weighted by atomic mass is 10.0. The lowest BCUT2D eigenvalue weighted by Gasteiger charge is -2.04. The molecule has 0 atom stereocenters. The molecule has 0 aliphatic rings. The number of nitrogens with one attached hydrogen (secondary N) is 1. The fourth-order valence-electron chi connectivity index (χ4n) is 1.78. The number of hydrogen-bond acceptors (Lipinski definition) is 3. The molecule has 0 heterocycles. The zero-order valence-corrected chi connectivity index (χ0v) is 11.6. The van der Waals surface area contributed by atoms with E-state index in [0.29, 0.717) is 0 Å². The zero-order valence-electron chi connectivity index (χ0n) is 10.8. The van der Waals surface area contributed by atoms with Crippen molar-refractivity contribution < 1.29 is 5.11 Å². The van der Waals surface area contributed by atoms with Gasteiger partial charge in [-0.2, -0.15) is 5.10 Å². The molecule has 0 aliphatic carbocycles. The van der Waals surface area contributed by atoms with Crippen LogP contribution in [0.1, 0.15) is 11.1 Å². The number of aliphatic hydroxyl groups excluding tert-OH is 1. The minimum absolute atomic E-state index is 0.0449. The second-order valence-corrected chi connectivity index (χ2v) is 4.65. The van der Waals surface area contributed by atoms with Crippen molar-refractivity contribution in [3.8, 4) is 11.1 Å². The maximum Gasteiger partial charge on any atom is 0.184 e. The average Bonchev–Trinajstić information content (AvgIpc) is 2.48. The standard InChI is InChI=1S/C15H15N3OS/c16-15(20)18-17-9-11-4-6-13(7-5-11)14-3-1-2-12(8-14)10-19/h1-9,19H,10H2,(H3,16,18,20). The molecule has 2 rings (SSSR count). The van der Waals surface area contributed by atoms with Gasteiger partial charge >= 0.3 is 0 Å². The minimum atomic E-state index is 0.0449. The predicted octanol–water partition coefficient (Wildman–Crippen LogP) is 2.01. The number of hydrazone groups is 1. The largest absolute Gasteiger partial charge is 0.392 e. The number of benzene rings is 2. The summed E-state index contributed by atoms with van der Waals surface area (Å²) in [5.41, 5.74) is 11.8. The molecule has 0 saturated heterocycles. The highest BCUT2D eigenvalue weighted by Crippen LogP contribution is 2.20. The maximum atomic E-state index is 9.15. The Bertz CT molecular complexity index is 623. The van der Waals surface area contributed by atoms with E-state index in [1.54, 1.807) is 6.21 Å². The molecule has 0 aliphatic heterocycles. The van der Waals surface area contributed by atoms with Crippen molar-refractivity contribution in [2.75, 3.05) is 0 Å². The van der Waals surface area contributed by atoms with Gasteiger partial charge < -0.3 is 10.8 Å². The summed E-state index contributed by atoms with van der Waals surface area (Å²) in [5, 5.41) is 13.2. The molecule has 0 spiro atoms. The molecule has 0 fully saturated rings. The highest BCUT2D eigenvalue weighted by atomic mass is 32.1. The molecule has 102 valence electrons. The molecule has 4 N–H and O–H groups in total. The van der Waals surface area contributed by atoms with Crippen molar-refractivity contribution in [3.63, 3.8) is 0 Å². The number of hydrogen-bond donors (Lipinski definition) is 3. The normalized spacial score (nSPS) is 10.7. The summed E-state index contributed by atoms with van der Waals surface area (Å²) in [6.45, 7) is 0.0449. The van der Waals surface area contributed by atoms with Crippen LogP contribution in [0.4, 0.5) is 0 Å². The lowest BCUT2D eigenvalue weighted by Crippen LogP contribution is -2.23. The molecule has 0 amide bonds. The van der Waals surface area contributed by atoms with Gasteiger partial charge in [0.05, 0.1) is 12.8 Å². The smallest absolute Gasteiger partial charge is 0.184 e. The Morgan fingerprint density at radius 2 is 1.95 bits per heavy atom. The van der Waals surface area contributed by atoms with Gasteiger partial charge in [-0.05, 0) is 40.5 Å². The number of thiocarbonyl (C=S) groups is 1. The zero-order chi connectivity index (χ0) is 14.4. The second-order valence-electron chi connectivity index (χ2n) is 4.21. The minimum Gasteiger partial charge on any atom is -0.392 e. The van der Waals surface area contributed by atoms with Gasteiger partial charge in [-0.3, -0.25) is 5.43 Å². The first-order valence-electron chi connectivity index (χ1n) is 6.08. The van der Waals surface area contributed by atoms with Crippen LogP contribution in [0.15, 0.2) is 53.6 Å². The molecule has 0 saturated carbocycles. The van der Waals surface area contributed by atoms with Crippen LogP contribution in [0.2, 0.25) is 0 Å². The van der Waals surface area contributed by atoms with Crippen LogP contribution in [0.5, 0.6) is 0 Å². The molecular formula is C15H15N3OS. The molecule has 0 aromatic heterocycles. The van der Waals surface area contributed by atoms with E-state index in [-0.39, 0.29) is 11.7 Å². The summed E-state index contributed by atoms with van der Waals surface area (Å²) < 4.78 is 0. The van der Waals surface area contributed by atoms with E-state index in [4.69, 9.17) is 10.8 Å². The topological polar surface area (TPSA) is 70.6 Å². The Morgan fingerprint density at radius 3 is 2.60 bits per heavy atom. The maximum absolute atomic E-state index is 9.15. The first-order valence-corrected chi connectivity index (χ1v) is 6.48. The fraction of sp³-hybridized carbons (Fsp3) is 0.0667. The van der Waals surface area contributed by atoms with Crippen molar-refractivity contribution in [3.05, 3.63) is 59.7 Å². The number of nitrogens with zero attached hydrogens (tertiary/aromatic N) is 1. The molecular weight excluding hydrogens is 270 g/mol. The third kappa shape index (κ3) is 3.88. The lowest BCUT2D eigenvalue weighted by molar-refractivity contribution is 0.282. The number of nitrogens with two attached hydrogens (primary N) is 1. The molecule has 0 unspecified atom stereocenters. The van der Waals surface area contributed by atoms with E-state index in [1.165, 1.54) is 0 Å². The molecule has 0 bridgehead atoms. The van der Waals surface area contributed by atoms with Crippen molar-refractivity contribution in [2.45, 2.75) is 6.61 Å². The van der Waals surface area contributed by atoms with Crippen molar-refractivity contribution >= 4 is 23.5 Å². The van der Waals surface area contributed by atoms with Gasteiger partial charge in [0.1, 0.15) is 0 Å². The Kier molecular flexibility index (Phi) is 4.81. The van der Waals surface area contributed by atoms with Gasteiger partial charge in [0, 0.05) is 0 Å². The van der Waals surface area contributed by atoms with Crippen LogP contribution in [0.3, 0.4) is 0 Å². The molecule has 2 aromatic carbocycles. The van der Waals surface area contributed by atoms with Crippen LogP contribution in [0, 0.1) is 0 Å². The van der Waals surface area contributed by atoms with Crippen molar-refractivity contribution in [1.29, 1.82) is 0 Å². The van der Waals surface area contributed by atoms with Crippen molar-refractivity contribution in [2.24, 2.45) is 10.8 Å². The molecule has 5 heteroatoms.